The predicted octanol–water partition coefficient (Wildman–Crippen LogP) is 4.48. The Balaban J connectivity index is 2.16. The summed E-state index contributed by atoms with van der Waals surface area (Å²) < 4.78 is 0. The molecule has 0 aliphatic rings. The van der Waals surface area contributed by atoms with Crippen LogP contribution in [0.5, 0.6) is 0 Å². The van der Waals surface area contributed by atoms with Gasteiger partial charge in [0.25, 0.3) is 0 Å². The van der Waals surface area contributed by atoms with Gasteiger partial charge in [0.15, 0.2) is 0 Å². The van der Waals surface area contributed by atoms with Crippen LogP contribution in [0.1, 0.15) is 31.9 Å². The minimum Gasteiger partial charge on any atom is -0.150 e. The summed E-state index contributed by atoms with van der Waals surface area (Å²) in [7, 11) is 0. The number of hydrogen-bond donors (Lipinski definition) is 0. The van der Waals surface area contributed by atoms with Crippen molar-refractivity contribution in [3.63, 3.8) is 0 Å². The van der Waals surface area contributed by atoms with Gasteiger partial charge in [0.1, 0.15) is 11.0 Å². The third-order valence-corrected chi connectivity index (χ3v) is 3.60. The van der Waals surface area contributed by atoms with Gasteiger partial charge in [0.05, 0.1) is 5.69 Å². The van der Waals surface area contributed by atoms with E-state index in [4.69, 9.17) is 11.6 Å². The number of aromatic nitrogens is 3. The van der Waals surface area contributed by atoms with Gasteiger partial charge >= 0.3 is 0 Å². The van der Waals surface area contributed by atoms with Crippen LogP contribution in [-0.2, 0) is 5.41 Å². The van der Waals surface area contributed by atoms with E-state index in [0.717, 1.165) is 22.3 Å². The highest BCUT2D eigenvalue weighted by Gasteiger charge is 2.16. The maximum absolute atomic E-state index is 6.00. The minimum absolute atomic E-state index is 0.0383. The van der Waals surface area contributed by atoms with Gasteiger partial charge in [0, 0.05) is 11.1 Å². The molecule has 0 unspecified atom stereocenters. The molecule has 107 valence electrons. The zero-order chi connectivity index (χ0) is 15.2. The number of halogens is 1. The second-order valence-electron chi connectivity index (χ2n) is 6.33. The number of benzene rings is 2. The Hall–Kier alpha value is -1.87. The molecule has 0 fully saturated rings. The Morgan fingerprint density at radius 2 is 1.76 bits per heavy atom. The molecule has 0 atom stereocenters. The number of hydrogen-bond acceptors (Lipinski definition) is 2. The molecule has 0 aliphatic carbocycles. The second kappa shape index (κ2) is 4.85. The van der Waals surface area contributed by atoms with Gasteiger partial charge < -0.3 is 0 Å². The highest BCUT2D eigenvalue weighted by Crippen LogP contribution is 2.25. The molecule has 1 heterocycles. The molecule has 0 spiro atoms. The van der Waals surface area contributed by atoms with Crippen LogP contribution in [0, 0.1) is 13.0 Å². The number of aryl methyl sites for hydroxylation is 1. The summed E-state index contributed by atoms with van der Waals surface area (Å²) in [4.78, 5) is 1.63. The van der Waals surface area contributed by atoms with Gasteiger partial charge in [-0.3, -0.25) is 0 Å². The van der Waals surface area contributed by atoms with Crippen LogP contribution in [0.25, 0.3) is 16.7 Å². The highest BCUT2D eigenvalue weighted by atomic mass is 35.5. The molecular formula is C17H17ClN3. The van der Waals surface area contributed by atoms with E-state index in [9.17, 15) is 0 Å². The lowest BCUT2D eigenvalue weighted by Gasteiger charge is -2.20. The molecule has 0 N–H and O–H groups in total. The molecule has 3 rings (SSSR count). The molecule has 2 aromatic carbocycles. The average molecular weight is 299 g/mol. The Morgan fingerprint density at radius 1 is 1.05 bits per heavy atom. The Labute approximate surface area is 129 Å². The van der Waals surface area contributed by atoms with Crippen molar-refractivity contribution >= 4 is 22.6 Å². The van der Waals surface area contributed by atoms with Crippen LogP contribution >= 0.6 is 11.6 Å². The number of fused-ring (bicyclic) bond motifs is 1. The van der Waals surface area contributed by atoms with Gasteiger partial charge in [-0.2, -0.15) is 0 Å². The summed E-state index contributed by atoms with van der Waals surface area (Å²) in [6, 6.07) is 13.1. The summed E-state index contributed by atoms with van der Waals surface area (Å²) in [6.45, 7) is 8.60. The molecule has 0 saturated heterocycles. The third-order valence-electron chi connectivity index (χ3n) is 3.36. The van der Waals surface area contributed by atoms with Crippen LogP contribution < -0.4 is 0 Å². The summed E-state index contributed by atoms with van der Waals surface area (Å²) in [5, 5.41) is 9.67. The summed E-state index contributed by atoms with van der Waals surface area (Å²) in [6.07, 6.45) is 0. The molecular weight excluding hydrogens is 282 g/mol. The standard InChI is InChI=1S/C17H17ClN3/c1-11-7-12(17(2,3)4)9-14(8-11)21-19-15-6-5-13(18)10-16(15)20-21/h5-8,10H,1-4H3. The van der Waals surface area contributed by atoms with Gasteiger partial charge in [0.2, 0.25) is 0 Å². The molecule has 0 aliphatic heterocycles. The first-order valence-electron chi connectivity index (χ1n) is 6.90. The largest absolute Gasteiger partial charge is 0.150 e. The van der Waals surface area contributed by atoms with Crippen LogP contribution in [0.15, 0.2) is 30.3 Å². The molecule has 1 aromatic heterocycles. The van der Waals surface area contributed by atoms with E-state index in [1.807, 2.05) is 24.3 Å². The molecule has 0 saturated carbocycles. The number of nitrogens with zero attached hydrogens (tertiary/aromatic N) is 3. The molecule has 4 heteroatoms. The maximum Gasteiger partial charge on any atom is 0.115 e. The van der Waals surface area contributed by atoms with Gasteiger partial charge in [-0.25, -0.2) is 0 Å². The van der Waals surface area contributed by atoms with Crippen molar-refractivity contribution < 1.29 is 0 Å². The van der Waals surface area contributed by atoms with E-state index in [-0.39, 0.29) is 5.41 Å². The van der Waals surface area contributed by atoms with Gasteiger partial charge in [-0.05, 0) is 47.7 Å². The highest BCUT2D eigenvalue weighted by molar-refractivity contribution is 6.31. The lowest BCUT2D eigenvalue weighted by atomic mass is 9.86. The molecule has 21 heavy (non-hydrogen) atoms. The van der Waals surface area contributed by atoms with Crippen molar-refractivity contribution in [1.29, 1.82) is 0 Å². The molecule has 0 bridgehead atoms. The minimum atomic E-state index is 0.0383. The van der Waals surface area contributed by atoms with E-state index >= 15 is 0 Å². The van der Waals surface area contributed by atoms with Crippen LogP contribution in [0.3, 0.4) is 0 Å². The maximum atomic E-state index is 6.00. The smallest absolute Gasteiger partial charge is 0.115 e. The quantitative estimate of drug-likeness (QED) is 0.663. The van der Waals surface area contributed by atoms with E-state index in [2.05, 4.69) is 50.0 Å². The first-order valence-corrected chi connectivity index (χ1v) is 7.28. The van der Waals surface area contributed by atoms with Crippen LogP contribution in [0.2, 0.25) is 5.02 Å². The summed E-state index contributed by atoms with van der Waals surface area (Å²) >= 11 is 6.00. The van der Waals surface area contributed by atoms with Crippen LogP contribution in [0.4, 0.5) is 0 Å². The second-order valence-corrected chi connectivity index (χ2v) is 6.77. The number of rotatable bonds is 1. The van der Waals surface area contributed by atoms with Crippen molar-refractivity contribution in [3.8, 4) is 5.69 Å². The fraction of sp³-hybridized carbons (Fsp3) is 0.294. The fourth-order valence-electron chi connectivity index (χ4n) is 2.20. The van der Waals surface area contributed by atoms with Crippen molar-refractivity contribution in [3.05, 3.63) is 52.5 Å². The Bertz CT molecular complexity index is 813. The molecule has 1 radical (unpaired) electrons. The summed E-state index contributed by atoms with van der Waals surface area (Å²) in [5.74, 6) is 0. The molecule has 3 nitrogen and oxygen atoms in total. The normalized spacial score (nSPS) is 12.0. The Morgan fingerprint density at radius 3 is 2.48 bits per heavy atom. The van der Waals surface area contributed by atoms with Crippen molar-refractivity contribution in [2.45, 2.75) is 33.1 Å². The zero-order valence-electron chi connectivity index (χ0n) is 12.6. The van der Waals surface area contributed by atoms with Gasteiger partial charge in [-0.1, -0.05) is 38.4 Å². The monoisotopic (exact) mass is 298 g/mol. The van der Waals surface area contributed by atoms with Crippen molar-refractivity contribution in [2.75, 3.05) is 0 Å². The first kappa shape index (κ1) is 14.1. The van der Waals surface area contributed by atoms with Crippen LogP contribution in [-0.4, -0.2) is 15.0 Å². The fourth-order valence-corrected chi connectivity index (χ4v) is 2.37. The van der Waals surface area contributed by atoms with E-state index in [1.54, 1.807) is 4.80 Å². The lowest BCUT2D eigenvalue weighted by Crippen LogP contribution is -2.13. The average Bonchev–Trinajstić information content (AvgIpc) is 2.80. The van der Waals surface area contributed by atoms with E-state index < -0.39 is 0 Å². The van der Waals surface area contributed by atoms with E-state index in [0.29, 0.717) is 5.02 Å². The van der Waals surface area contributed by atoms with Crippen molar-refractivity contribution in [2.24, 2.45) is 0 Å². The van der Waals surface area contributed by atoms with Gasteiger partial charge in [-0.15, -0.1) is 15.0 Å². The SMILES string of the molecule is Cc1cc(-n2nc3ccc(Cl)cc3n2)[c]c(C(C)(C)C)c1. The predicted molar refractivity (Wildman–Crippen MR) is 86.1 cm³/mol. The topological polar surface area (TPSA) is 30.7 Å². The Kier molecular flexibility index (Phi) is 3.25. The summed E-state index contributed by atoms with van der Waals surface area (Å²) in [5.41, 5.74) is 4.83. The van der Waals surface area contributed by atoms with Crippen molar-refractivity contribution in [1.82, 2.24) is 15.0 Å². The molecule has 0 amide bonds. The zero-order valence-corrected chi connectivity index (χ0v) is 13.4. The molecule has 3 aromatic rings. The lowest BCUT2D eigenvalue weighted by molar-refractivity contribution is 0.587. The third kappa shape index (κ3) is 2.79. The first-order chi connectivity index (χ1) is 9.83. The van der Waals surface area contributed by atoms with E-state index in [1.165, 1.54) is 5.56 Å².